The van der Waals surface area contributed by atoms with Gasteiger partial charge in [-0.05, 0) is 12.1 Å². The van der Waals surface area contributed by atoms with Gasteiger partial charge in [0.1, 0.15) is 10.7 Å². The first-order valence-corrected chi connectivity index (χ1v) is 6.10. The average molecular weight is 286 g/mol. The van der Waals surface area contributed by atoms with Crippen molar-refractivity contribution >= 4 is 34.4 Å². The van der Waals surface area contributed by atoms with Crippen molar-refractivity contribution in [3.8, 4) is 0 Å². The van der Waals surface area contributed by atoms with E-state index >= 15 is 0 Å². The maximum Gasteiger partial charge on any atom is 0.259 e. The fourth-order valence-electron chi connectivity index (χ4n) is 1.74. The van der Waals surface area contributed by atoms with Gasteiger partial charge >= 0.3 is 0 Å². The zero-order chi connectivity index (χ0) is 13.9. The Labute approximate surface area is 118 Å². The Bertz CT molecular complexity index is 770. The molecule has 2 aromatic heterocycles. The molecule has 0 bridgehead atoms. The van der Waals surface area contributed by atoms with Crippen molar-refractivity contribution in [2.75, 3.05) is 5.32 Å². The van der Waals surface area contributed by atoms with E-state index in [9.17, 15) is 4.79 Å². The second-order valence-corrected chi connectivity index (χ2v) is 4.30. The predicted octanol–water partition coefficient (Wildman–Crippen LogP) is 2.33. The zero-order valence-electron chi connectivity index (χ0n) is 10.1. The third kappa shape index (κ3) is 2.41. The van der Waals surface area contributed by atoms with Crippen LogP contribution in [0, 0.1) is 0 Å². The monoisotopic (exact) mass is 285 g/mol. The Kier molecular flexibility index (Phi) is 3.22. The number of halogens is 1. The fourth-order valence-corrected chi connectivity index (χ4v) is 1.83. The highest BCUT2D eigenvalue weighted by Gasteiger charge is 2.12. The molecular weight excluding hydrogens is 278 g/mol. The number of carbonyl (C=O) groups is 1. The molecule has 6 nitrogen and oxygen atoms in total. The molecule has 0 aliphatic carbocycles. The Morgan fingerprint density at radius 1 is 1.05 bits per heavy atom. The molecule has 0 atom stereocenters. The minimum atomic E-state index is -0.326. The maximum atomic E-state index is 12.2. The number of aromatic nitrogens is 4. The molecule has 3 rings (SSSR count). The van der Waals surface area contributed by atoms with Crippen LogP contribution in [-0.4, -0.2) is 25.8 Å². The van der Waals surface area contributed by atoms with E-state index in [0.717, 1.165) is 0 Å². The number of nitrogens with one attached hydrogen (secondary N) is 1. The molecule has 3 aromatic rings. The Morgan fingerprint density at radius 3 is 2.70 bits per heavy atom. The molecule has 1 N–H and O–H groups in total. The van der Waals surface area contributed by atoms with Crippen LogP contribution in [0.25, 0.3) is 11.0 Å². The lowest BCUT2D eigenvalue weighted by atomic mass is 10.1. The van der Waals surface area contributed by atoms with Gasteiger partial charge in [0.15, 0.2) is 5.82 Å². The smallest absolute Gasteiger partial charge is 0.259 e. The van der Waals surface area contributed by atoms with Gasteiger partial charge in [-0.1, -0.05) is 17.7 Å². The van der Waals surface area contributed by atoms with Gasteiger partial charge in [-0.2, -0.15) is 0 Å². The van der Waals surface area contributed by atoms with Gasteiger partial charge in [-0.15, -0.1) is 0 Å². The summed E-state index contributed by atoms with van der Waals surface area (Å²) < 4.78 is 0. The van der Waals surface area contributed by atoms with Crippen LogP contribution in [0.1, 0.15) is 10.4 Å². The first-order chi connectivity index (χ1) is 9.74. The minimum Gasteiger partial charge on any atom is -0.305 e. The topological polar surface area (TPSA) is 80.7 Å². The molecular formula is C13H8ClN5O. The van der Waals surface area contributed by atoms with Crippen LogP contribution in [0.15, 0.2) is 43.0 Å². The summed E-state index contributed by atoms with van der Waals surface area (Å²) in [5.41, 5.74) is 1.61. The number of amides is 1. The molecule has 0 aliphatic heterocycles. The van der Waals surface area contributed by atoms with Gasteiger partial charge in [0, 0.05) is 12.4 Å². The Morgan fingerprint density at radius 2 is 1.90 bits per heavy atom. The summed E-state index contributed by atoms with van der Waals surface area (Å²) in [6, 6.07) is 5.22. The Balaban J connectivity index is 1.94. The quantitative estimate of drug-likeness (QED) is 0.781. The lowest BCUT2D eigenvalue weighted by Gasteiger charge is -2.06. The first-order valence-electron chi connectivity index (χ1n) is 5.73. The van der Waals surface area contributed by atoms with Crippen LogP contribution in [0.4, 0.5) is 5.82 Å². The predicted molar refractivity (Wildman–Crippen MR) is 74.5 cm³/mol. The third-order valence-corrected chi connectivity index (χ3v) is 2.80. The standard InChI is InChI=1S/C13H8ClN5O/c14-10-6-18-11(7-17-10)19-13(20)8-2-1-3-9-12(8)16-5-4-15-9/h1-7H,(H,18,19,20). The lowest BCUT2D eigenvalue weighted by Crippen LogP contribution is -2.14. The van der Waals surface area contributed by atoms with E-state index in [1.54, 1.807) is 30.6 Å². The van der Waals surface area contributed by atoms with Crippen molar-refractivity contribution in [3.63, 3.8) is 0 Å². The highest BCUT2D eigenvalue weighted by molar-refractivity contribution is 6.29. The van der Waals surface area contributed by atoms with Crippen LogP contribution < -0.4 is 5.32 Å². The molecule has 0 saturated heterocycles. The van der Waals surface area contributed by atoms with Crippen molar-refractivity contribution in [1.29, 1.82) is 0 Å². The van der Waals surface area contributed by atoms with Crippen molar-refractivity contribution in [1.82, 2.24) is 19.9 Å². The average Bonchev–Trinajstić information content (AvgIpc) is 2.49. The molecule has 0 aliphatic rings. The molecule has 20 heavy (non-hydrogen) atoms. The summed E-state index contributed by atoms with van der Waals surface area (Å²) >= 11 is 5.64. The summed E-state index contributed by atoms with van der Waals surface area (Å²) in [4.78, 5) is 28.4. The molecule has 1 aromatic carbocycles. The molecule has 0 spiro atoms. The summed E-state index contributed by atoms with van der Waals surface area (Å²) in [5.74, 6) is -0.00647. The van der Waals surface area contributed by atoms with Crippen molar-refractivity contribution in [3.05, 3.63) is 53.7 Å². The number of hydrogen-bond acceptors (Lipinski definition) is 5. The van der Waals surface area contributed by atoms with E-state index in [4.69, 9.17) is 11.6 Å². The van der Waals surface area contributed by atoms with Gasteiger partial charge in [0.05, 0.1) is 23.5 Å². The van der Waals surface area contributed by atoms with E-state index in [-0.39, 0.29) is 11.1 Å². The summed E-state index contributed by atoms with van der Waals surface area (Å²) in [7, 11) is 0. The van der Waals surface area contributed by atoms with E-state index in [2.05, 4.69) is 25.3 Å². The molecule has 1 amide bonds. The van der Waals surface area contributed by atoms with Gasteiger partial charge < -0.3 is 5.32 Å². The normalized spacial score (nSPS) is 10.4. The molecule has 0 fully saturated rings. The van der Waals surface area contributed by atoms with Crippen LogP contribution in [0.2, 0.25) is 5.15 Å². The molecule has 7 heteroatoms. The van der Waals surface area contributed by atoms with Crippen LogP contribution in [0.3, 0.4) is 0 Å². The second-order valence-electron chi connectivity index (χ2n) is 3.91. The number of para-hydroxylation sites is 1. The largest absolute Gasteiger partial charge is 0.305 e. The lowest BCUT2D eigenvalue weighted by molar-refractivity contribution is 0.102. The van der Waals surface area contributed by atoms with Crippen molar-refractivity contribution < 1.29 is 4.79 Å². The molecule has 0 saturated carbocycles. The molecule has 98 valence electrons. The van der Waals surface area contributed by atoms with Crippen LogP contribution in [-0.2, 0) is 0 Å². The van der Waals surface area contributed by atoms with E-state index in [1.807, 2.05) is 0 Å². The van der Waals surface area contributed by atoms with Gasteiger partial charge in [-0.3, -0.25) is 14.8 Å². The first kappa shape index (κ1) is 12.4. The number of benzene rings is 1. The fraction of sp³-hybridized carbons (Fsp3) is 0. The summed E-state index contributed by atoms with van der Waals surface area (Å²) in [6.45, 7) is 0. The SMILES string of the molecule is O=C(Nc1cnc(Cl)cn1)c1cccc2nccnc12. The third-order valence-electron chi connectivity index (χ3n) is 2.61. The number of fused-ring (bicyclic) bond motifs is 1. The van der Waals surface area contributed by atoms with E-state index in [0.29, 0.717) is 22.4 Å². The van der Waals surface area contributed by atoms with E-state index < -0.39 is 0 Å². The highest BCUT2D eigenvalue weighted by Crippen LogP contribution is 2.15. The van der Waals surface area contributed by atoms with Crippen molar-refractivity contribution in [2.24, 2.45) is 0 Å². The molecule has 0 radical (unpaired) electrons. The van der Waals surface area contributed by atoms with Crippen LogP contribution >= 0.6 is 11.6 Å². The molecule has 0 unspecified atom stereocenters. The number of hydrogen-bond donors (Lipinski definition) is 1. The van der Waals surface area contributed by atoms with Crippen LogP contribution in [0.5, 0.6) is 0 Å². The molecule has 2 heterocycles. The maximum absolute atomic E-state index is 12.2. The highest BCUT2D eigenvalue weighted by atomic mass is 35.5. The number of nitrogens with zero attached hydrogens (tertiary/aromatic N) is 4. The zero-order valence-corrected chi connectivity index (χ0v) is 10.9. The summed E-state index contributed by atoms with van der Waals surface area (Å²) in [5, 5.41) is 2.90. The Hall–Kier alpha value is -2.60. The number of carbonyl (C=O) groups excluding carboxylic acids is 1. The minimum absolute atomic E-state index is 0.263. The van der Waals surface area contributed by atoms with Gasteiger partial charge in [0.2, 0.25) is 0 Å². The number of rotatable bonds is 2. The number of anilines is 1. The van der Waals surface area contributed by atoms with E-state index in [1.165, 1.54) is 12.4 Å². The van der Waals surface area contributed by atoms with Gasteiger partial charge in [0.25, 0.3) is 5.91 Å². The second kappa shape index (κ2) is 5.18. The van der Waals surface area contributed by atoms with Gasteiger partial charge in [-0.25, -0.2) is 9.97 Å². The van der Waals surface area contributed by atoms with Crippen molar-refractivity contribution in [2.45, 2.75) is 0 Å². The summed E-state index contributed by atoms with van der Waals surface area (Å²) in [6.07, 6.45) is 5.87.